The number of sulfonamides is 1. The molecule has 1 fully saturated rings. The van der Waals surface area contributed by atoms with E-state index in [0.29, 0.717) is 12.1 Å². The fraction of sp³-hybridized carbons (Fsp3) is 0.350. The minimum absolute atomic E-state index is 0. The van der Waals surface area contributed by atoms with Gasteiger partial charge in [-0.25, -0.2) is 13.6 Å². The number of piperidine rings is 1. The third-order valence-electron chi connectivity index (χ3n) is 5.54. The standard InChI is InChI=1S/C20H22ClN3O3S.ClH.H2O/c21-18-10-15-13-24(20(25)17(15)11-19(18)28(22,26)27)16-6-8-23(9-7-16)12-14-4-2-1-3-5-14;;/h1-5,10-11,16H,6-9,12-13H2,(H2,22,26,27);1H;1H2. The first kappa shape index (κ1) is 24.6. The van der Waals surface area contributed by atoms with Crippen molar-refractivity contribution in [1.82, 2.24) is 9.80 Å². The van der Waals surface area contributed by atoms with Crippen molar-refractivity contribution in [2.45, 2.75) is 36.9 Å². The third kappa shape index (κ3) is 4.96. The zero-order valence-electron chi connectivity index (χ0n) is 16.3. The van der Waals surface area contributed by atoms with Crippen LogP contribution in [0.2, 0.25) is 5.02 Å². The average Bonchev–Trinajstić information content (AvgIpc) is 2.97. The lowest BCUT2D eigenvalue weighted by Crippen LogP contribution is -2.44. The zero-order valence-corrected chi connectivity index (χ0v) is 18.6. The van der Waals surface area contributed by atoms with Gasteiger partial charge in [0.05, 0.1) is 5.02 Å². The van der Waals surface area contributed by atoms with Gasteiger partial charge in [0, 0.05) is 37.8 Å². The number of carbonyl (C=O) groups excluding carboxylic acids is 1. The second-order valence-electron chi connectivity index (χ2n) is 7.41. The van der Waals surface area contributed by atoms with Crippen LogP contribution in [0.5, 0.6) is 0 Å². The van der Waals surface area contributed by atoms with E-state index in [4.69, 9.17) is 16.7 Å². The Bertz CT molecular complexity index is 1010. The van der Waals surface area contributed by atoms with E-state index in [1.807, 2.05) is 23.1 Å². The topological polar surface area (TPSA) is 115 Å². The number of halogens is 2. The van der Waals surface area contributed by atoms with Crippen molar-refractivity contribution in [2.24, 2.45) is 5.14 Å². The van der Waals surface area contributed by atoms with Crippen LogP contribution in [0, 0.1) is 0 Å². The van der Waals surface area contributed by atoms with Crippen LogP contribution in [-0.4, -0.2) is 48.7 Å². The van der Waals surface area contributed by atoms with Gasteiger partial charge in [-0.05, 0) is 36.1 Å². The molecule has 7 nitrogen and oxygen atoms in total. The van der Waals surface area contributed by atoms with E-state index in [9.17, 15) is 13.2 Å². The molecular formula is C20H25Cl2N3O4S. The summed E-state index contributed by atoms with van der Waals surface area (Å²) in [5.74, 6) is -0.141. The van der Waals surface area contributed by atoms with Crippen molar-refractivity contribution < 1.29 is 18.7 Å². The van der Waals surface area contributed by atoms with Gasteiger partial charge in [-0.3, -0.25) is 9.69 Å². The lowest BCUT2D eigenvalue weighted by atomic mass is 10.0. The quantitative estimate of drug-likeness (QED) is 0.732. The number of likely N-dealkylation sites (tertiary alicyclic amines) is 1. The molecule has 0 saturated carbocycles. The molecule has 4 N–H and O–H groups in total. The van der Waals surface area contributed by atoms with Gasteiger partial charge in [-0.2, -0.15) is 0 Å². The molecule has 0 bridgehead atoms. The smallest absolute Gasteiger partial charge is 0.254 e. The number of benzene rings is 2. The van der Waals surface area contributed by atoms with Crippen LogP contribution >= 0.6 is 24.0 Å². The van der Waals surface area contributed by atoms with Crippen molar-refractivity contribution in [3.05, 3.63) is 64.2 Å². The number of rotatable bonds is 4. The number of hydrogen-bond acceptors (Lipinski definition) is 4. The van der Waals surface area contributed by atoms with Crippen LogP contribution in [0.1, 0.15) is 34.3 Å². The molecule has 4 rings (SSSR count). The van der Waals surface area contributed by atoms with Crippen molar-refractivity contribution in [3.8, 4) is 0 Å². The van der Waals surface area contributed by atoms with E-state index >= 15 is 0 Å². The molecule has 1 saturated heterocycles. The Hall–Kier alpha value is -1.68. The summed E-state index contributed by atoms with van der Waals surface area (Å²) >= 11 is 6.07. The summed E-state index contributed by atoms with van der Waals surface area (Å²) in [6.07, 6.45) is 1.78. The monoisotopic (exact) mass is 473 g/mol. The average molecular weight is 474 g/mol. The predicted octanol–water partition coefficient (Wildman–Crippen LogP) is 2.20. The highest BCUT2D eigenvalue weighted by molar-refractivity contribution is 7.89. The number of primary sulfonamides is 1. The largest absolute Gasteiger partial charge is 0.412 e. The fourth-order valence-electron chi connectivity index (χ4n) is 4.08. The second kappa shape index (κ2) is 9.64. The summed E-state index contributed by atoms with van der Waals surface area (Å²) in [4.78, 5) is 16.9. The van der Waals surface area contributed by atoms with E-state index in [1.54, 1.807) is 6.07 Å². The van der Waals surface area contributed by atoms with Gasteiger partial charge >= 0.3 is 0 Å². The number of carbonyl (C=O) groups is 1. The molecular weight excluding hydrogens is 449 g/mol. The lowest BCUT2D eigenvalue weighted by molar-refractivity contribution is 0.0590. The lowest BCUT2D eigenvalue weighted by Gasteiger charge is -2.36. The summed E-state index contributed by atoms with van der Waals surface area (Å²) < 4.78 is 23.4. The first-order valence-corrected chi connectivity index (χ1v) is 11.2. The number of hydrogen-bond donors (Lipinski definition) is 1. The number of nitrogens with zero attached hydrogens (tertiary/aromatic N) is 2. The predicted molar refractivity (Wildman–Crippen MR) is 118 cm³/mol. The van der Waals surface area contributed by atoms with E-state index in [1.165, 1.54) is 11.6 Å². The minimum Gasteiger partial charge on any atom is -0.412 e. The molecule has 30 heavy (non-hydrogen) atoms. The normalized spacial score (nSPS) is 17.3. The molecule has 2 aromatic carbocycles. The van der Waals surface area contributed by atoms with Gasteiger partial charge < -0.3 is 10.4 Å². The fourth-order valence-corrected chi connectivity index (χ4v) is 5.20. The van der Waals surface area contributed by atoms with Crippen molar-refractivity contribution >= 4 is 39.9 Å². The maximum absolute atomic E-state index is 12.9. The Morgan fingerprint density at radius 3 is 2.33 bits per heavy atom. The van der Waals surface area contributed by atoms with Gasteiger partial charge in [0.25, 0.3) is 5.91 Å². The number of nitrogens with two attached hydrogens (primary N) is 1. The van der Waals surface area contributed by atoms with E-state index in [2.05, 4.69) is 17.0 Å². The highest BCUT2D eigenvalue weighted by Gasteiger charge is 2.35. The highest BCUT2D eigenvalue weighted by Crippen LogP contribution is 2.33. The summed E-state index contributed by atoms with van der Waals surface area (Å²) in [6.45, 7) is 3.21. The molecule has 0 aliphatic carbocycles. The summed E-state index contributed by atoms with van der Waals surface area (Å²) in [6, 6.07) is 13.4. The Labute approximate surface area is 187 Å². The Balaban J connectivity index is 0.00000160. The number of amides is 1. The van der Waals surface area contributed by atoms with Gasteiger partial charge in [-0.1, -0.05) is 41.9 Å². The van der Waals surface area contributed by atoms with Crippen LogP contribution in [-0.2, 0) is 23.1 Å². The van der Waals surface area contributed by atoms with E-state index in [0.717, 1.165) is 38.0 Å². The van der Waals surface area contributed by atoms with Crippen LogP contribution in [0.15, 0.2) is 47.4 Å². The van der Waals surface area contributed by atoms with Crippen LogP contribution in [0.3, 0.4) is 0 Å². The Kier molecular flexibility index (Phi) is 7.90. The Morgan fingerprint density at radius 1 is 1.10 bits per heavy atom. The molecule has 0 atom stereocenters. The molecule has 1 amide bonds. The summed E-state index contributed by atoms with van der Waals surface area (Å²) in [5, 5.41) is 5.27. The third-order valence-corrected chi connectivity index (χ3v) is 6.92. The molecule has 2 heterocycles. The maximum Gasteiger partial charge on any atom is 0.254 e. The van der Waals surface area contributed by atoms with Crippen LogP contribution in [0.4, 0.5) is 0 Å². The van der Waals surface area contributed by atoms with Crippen molar-refractivity contribution in [2.75, 3.05) is 13.1 Å². The van der Waals surface area contributed by atoms with Gasteiger partial charge in [0.15, 0.2) is 0 Å². The summed E-state index contributed by atoms with van der Waals surface area (Å²) in [7, 11) is -3.97. The number of fused-ring (bicyclic) bond motifs is 1. The Morgan fingerprint density at radius 2 is 1.73 bits per heavy atom. The molecule has 164 valence electrons. The van der Waals surface area contributed by atoms with Crippen LogP contribution in [0.25, 0.3) is 0 Å². The molecule has 0 unspecified atom stereocenters. The molecule has 2 aliphatic heterocycles. The molecule has 0 aromatic heterocycles. The van der Waals surface area contributed by atoms with Gasteiger partial charge in [0.2, 0.25) is 10.0 Å². The first-order valence-electron chi connectivity index (χ1n) is 9.25. The van der Waals surface area contributed by atoms with Gasteiger partial charge in [-0.15, -0.1) is 12.4 Å². The molecule has 0 spiro atoms. The van der Waals surface area contributed by atoms with Crippen molar-refractivity contribution in [1.29, 1.82) is 0 Å². The van der Waals surface area contributed by atoms with E-state index in [-0.39, 0.29) is 39.8 Å². The molecule has 2 aliphatic rings. The molecule has 10 heteroatoms. The highest BCUT2D eigenvalue weighted by atomic mass is 35.5. The van der Waals surface area contributed by atoms with E-state index < -0.39 is 10.0 Å². The zero-order chi connectivity index (χ0) is 19.9. The SMILES string of the molecule is Cl.NS(=O)(=O)c1cc2c(cc1Cl)CN(C1CCN(Cc3ccccc3)CC1)C2=O.O. The van der Waals surface area contributed by atoms with Crippen molar-refractivity contribution in [3.63, 3.8) is 0 Å². The second-order valence-corrected chi connectivity index (χ2v) is 9.35. The maximum atomic E-state index is 12.9. The van der Waals surface area contributed by atoms with Gasteiger partial charge in [0.1, 0.15) is 4.90 Å². The molecule has 0 radical (unpaired) electrons. The minimum atomic E-state index is -3.97. The summed E-state index contributed by atoms with van der Waals surface area (Å²) in [5.41, 5.74) is 2.44. The van der Waals surface area contributed by atoms with Crippen LogP contribution < -0.4 is 5.14 Å². The molecule has 2 aromatic rings. The first-order chi connectivity index (χ1) is 13.3.